The number of rotatable bonds is 7. The van der Waals surface area contributed by atoms with Crippen molar-refractivity contribution >= 4 is 23.2 Å². The third kappa shape index (κ3) is 4.91. The highest BCUT2D eigenvalue weighted by molar-refractivity contribution is 6.33. The summed E-state index contributed by atoms with van der Waals surface area (Å²) in [7, 11) is 1.61. The van der Waals surface area contributed by atoms with E-state index in [9.17, 15) is 4.79 Å². The minimum Gasteiger partial charge on any atom is -0.398 e. The molecule has 0 aliphatic rings. The second-order valence-electron chi connectivity index (χ2n) is 3.60. The molecule has 0 saturated heterocycles. The molecule has 3 N–H and O–H groups in total. The van der Waals surface area contributed by atoms with Crippen LogP contribution in [0.4, 0.5) is 5.69 Å². The minimum absolute atomic E-state index is 0.202. The fraction of sp³-hybridized carbons (Fsp3) is 0.417. The summed E-state index contributed by atoms with van der Waals surface area (Å²) < 4.78 is 10.0. The number of benzene rings is 1. The number of ether oxygens (including phenoxy) is 2. The molecule has 0 bridgehead atoms. The van der Waals surface area contributed by atoms with Crippen LogP contribution in [0.25, 0.3) is 0 Å². The van der Waals surface area contributed by atoms with Gasteiger partial charge in [0.2, 0.25) is 0 Å². The first-order valence-corrected chi connectivity index (χ1v) is 5.93. The highest BCUT2D eigenvalue weighted by Crippen LogP contribution is 2.19. The van der Waals surface area contributed by atoms with E-state index >= 15 is 0 Å². The molecule has 1 amide bonds. The molecular formula is C12H17ClN2O3. The predicted molar refractivity (Wildman–Crippen MR) is 70.9 cm³/mol. The number of carbonyl (C=O) groups is 1. The van der Waals surface area contributed by atoms with Crippen molar-refractivity contribution in [2.75, 3.05) is 39.2 Å². The number of nitrogen functional groups attached to an aromatic ring is 1. The highest BCUT2D eigenvalue weighted by atomic mass is 35.5. The maximum atomic E-state index is 11.7. The number of methoxy groups -OCH3 is 1. The summed E-state index contributed by atoms with van der Waals surface area (Å²) in [6.45, 7) is 1.93. The zero-order chi connectivity index (χ0) is 13.4. The summed E-state index contributed by atoms with van der Waals surface area (Å²) in [5, 5.41) is 3.09. The molecule has 6 heteroatoms. The van der Waals surface area contributed by atoms with Crippen molar-refractivity contribution in [1.82, 2.24) is 5.32 Å². The first kappa shape index (κ1) is 14.8. The zero-order valence-corrected chi connectivity index (χ0v) is 11.0. The van der Waals surface area contributed by atoms with Crippen LogP contribution in [-0.4, -0.2) is 39.4 Å². The van der Waals surface area contributed by atoms with Crippen LogP contribution in [-0.2, 0) is 9.47 Å². The van der Waals surface area contributed by atoms with Crippen LogP contribution >= 0.6 is 11.6 Å². The number of amides is 1. The van der Waals surface area contributed by atoms with Gasteiger partial charge in [0.15, 0.2) is 0 Å². The Balaban J connectivity index is 2.30. The summed E-state index contributed by atoms with van der Waals surface area (Å²) in [6, 6.07) is 4.77. The maximum Gasteiger partial charge on any atom is 0.251 e. The number of nitrogens with two attached hydrogens (primary N) is 1. The first-order chi connectivity index (χ1) is 8.65. The van der Waals surface area contributed by atoms with Crippen molar-refractivity contribution in [3.63, 3.8) is 0 Å². The molecule has 0 aliphatic carbocycles. The van der Waals surface area contributed by atoms with E-state index in [1.807, 2.05) is 0 Å². The molecule has 1 aromatic rings. The third-order valence-corrected chi connectivity index (χ3v) is 2.55. The molecular weight excluding hydrogens is 256 g/mol. The number of hydrogen-bond donors (Lipinski definition) is 2. The number of nitrogens with one attached hydrogen (secondary N) is 1. The van der Waals surface area contributed by atoms with E-state index in [1.54, 1.807) is 19.2 Å². The van der Waals surface area contributed by atoms with Crippen LogP contribution in [0.1, 0.15) is 10.4 Å². The van der Waals surface area contributed by atoms with Gasteiger partial charge in [-0.25, -0.2) is 0 Å². The molecule has 100 valence electrons. The molecule has 0 aromatic heterocycles. The van der Waals surface area contributed by atoms with Crippen molar-refractivity contribution in [2.45, 2.75) is 0 Å². The Morgan fingerprint density at radius 1 is 1.39 bits per heavy atom. The van der Waals surface area contributed by atoms with E-state index in [2.05, 4.69) is 5.32 Å². The first-order valence-electron chi connectivity index (χ1n) is 5.55. The van der Waals surface area contributed by atoms with Crippen molar-refractivity contribution in [1.29, 1.82) is 0 Å². The van der Waals surface area contributed by atoms with E-state index in [0.717, 1.165) is 0 Å². The van der Waals surface area contributed by atoms with Gasteiger partial charge in [0.05, 0.1) is 30.5 Å². The lowest BCUT2D eigenvalue weighted by atomic mass is 10.2. The van der Waals surface area contributed by atoms with E-state index in [-0.39, 0.29) is 5.91 Å². The summed E-state index contributed by atoms with van der Waals surface area (Å²) in [5.74, 6) is -0.202. The number of halogens is 1. The van der Waals surface area contributed by atoms with Crippen LogP contribution in [0.5, 0.6) is 0 Å². The number of hydrogen-bond acceptors (Lipinski definition) is 4. The van der Waals surface area contributed by atoms with E-state index < -0.39 is 0 Å². The Morgan fingerprint density at radius 2 is 2.17 bits per heavy atom. The van der Waals surface area contributed by atoms with Crippen LogP contribution in [0.15, 0.2) is 18.2 Å². The third-order valence-electron chi connectivity index (χ3n) is 2.23. The quantitative estimate of drug-likeness (QED) is 0.580. The van der Waals surface area contributed by atoms with Crippen molar-refractivity contribution in [3.05, 3.63) is 28.8 Å². The summed E-state index contributed by atoms with van der Waals surface area (Å²) in [6.07, 6.45) is 0. The fourth-order valence-electron chi connectivity index (χ4n) is 1.25. The largest absolute Gasteiger partial charge is 0.398 e. The number of anilines is 1. The molecule has 0 aliphatic heterocycles. The Labute approximate surface area is 111 Å². The SMILES string of the molecule is COCCOCCNC(=O)c1ccc(N)c(Cl)c1. The van der Waals surface area contributed by atoms with Gasteiger partial charge in [-0.3, -0.25) is 4.79 Å². The lowest BCUT2D eigenvalue weighted by Gasteiger charge is -2.07. The average Bonchev–Trinajstić information content (AvgIpc) is 2.36. The molecule has 18 heavy (non-hydrogen) atoms. The smallest absolute Gasteiger partial charge is 0.251 e. The van der Waals surface area contributed by atoms with Gasteiger partial charge in [0.25, 0.3) is 5.91 Å². The predicted octanol–water partition coefficient (Wildman–Crippen LogP) is 1.31. The molecule has 0 unspecified atom stereocenters. The molecule has 0 atom stereocenters. The van der Waals surface area contributed by atoms with Gasteiger partial charge >= 0.3 is 0 Å². The van der Waals surface area contributed by atoms with Gasteiger partial charge < -0.3 is 20.5 Å². The van der Waals surface area contributed by atoms with Gasteiger partial charge in [-0.2, -0.15) is 0 Å². The second kappa shape index (κ2) is 7.92. The van der Waals surface area contributed by atoms with Crippen molar-refractivity contribution in [3.8, 4) is 0 Å². The minimum atomic E-state index is -0.202. The van der Waals surface area contributed by atoms with E-state index in [0.29, 0.717) is 42.6 Å². The van der Waals surface area contributed by atoms with Gasteiger partial charge in [-0.15, -0.1) is 0 Å². The average molecular weight is 273 g/mol. The molecule has 0 fully saturated rings. The Kier molecular flexibility index (Phi) is 6.49. The topological polar surface area (TPSA) is 73.6 Å². The molecule has 0 saturated carbocycles. The fourth-order valence-corrected chi connectivity index (χ4v) is 1.43. The van der Waals surface area contributed by atoms with Crippen LogP contribution in [0, 0.1) is 0 Å². The van der Waals surface area contributed by atoms with E-state index in [4.69, 9.17) is 26.8 Å². The normalized spacial score (nSPS) is 10.3. The summed E-state index contributed by atoms with van der Waals surface area (Å²) >= 11 is 5.83. The van der Waals surface area contributed by atoms with Crippen molar-refractivity contribution < 1.29 is 14.3 Å². The second-order valence-corrected chi connectivity index (χ2v) is 4.00. The van der Waals surface area contributed by atoms with E-state index in [1.165, 1.54) is 6.07 Å². The van der Waals surface area contributed by atoms with Gasteiger partial charge in [0.1, 0.15) is 0 Å². The molecule has 1 rings (SSSR count). The molecule has 1 aromatic carbocycles. The summed E-state index contributed by atoms with van der Waals surface area (Å²) in [5.41, 5.74) is 6.49. The zero-order valence-electron chi connectivity index (χ0n) is 10.2. The maximum absolute atomic E-state index is 11.7. The van der Waals surface area contributed by atoms with Gasteiger partial charge in [-0.05, 0) is 18.2 Å². The van der Waals surface area contributed by atoms with Crippen molar-refractivity contribution in [2.24, 2.45) is 0 Å². The molecule has 0 radical (unpaired) electrons. The number of carbonyl (C=O) groups excluding carboxylic acids is 1. The summed E-state index contributed by atoms with van der Waals surface area (Å²) in [4.78, 5) is 11.7. The van der Waals surface area contributed by atoms with Crippen LogP contribution in [0.3, 0.4) is 0 Å². The van der Waals surface area contributed by atoms with Crippen LogP contribution in [0.2, 0.25) is 5.02 Å². The molecule has 5 nitrogen and oxygen atoms in total. The van der Waals surface area contributed by atoms with Gasteiger partial charge in [0, 0.05) is 19.2 Å². The molecule has 0 spiro atoms. The lowest BCUT2D eigenvalue weighted by molar-refractivity contribution is 0.0692. The van der Waals surface area contributed by atoms with Gasteiger partial charge in [-0.1, -0.05) is 11.6 Å². The highest BCUT2D eigenvalue weighted by Gasteiger charge is 2.06. The monoisotopic (exact) mass is 272 g/mol. The Hall–Kier alpha value is -1.30. The lowest BCUT2D eigenvalue weighted by Crippen LogP contribution is -2.27. The Bertz CT molecular complexity index is 399. The standard InChI is InChI=1S/C12H17ClN2O3/c1-17-6-7-18-5-4-15-12(16)9-2-3-11(14)10(13)8-9/h2-3,8H,4-7,14H2,1H3,(H,15,16). The van der Waals surface area contributed by atoms with Crippen LogP contribution < -0.4 is 11.1 Å². The molecule has 0 heterocycles. The Morgan fingerprint density at radius 3 is 2.83 bits per heavy atom.